The quantitative estimate of drug-likeness (QED) is 0.149. The maximum absolute atomic E-state index is 13.5. The Morgan fingerprint density at radius 2 is 1.74 bits per heavy atom. The van der Waals surface area contributed by atoms with E-state index in [0.29, 0.717) is 6.07 Å². The average molecular weight is 557 g/mol. The Bertz CT molecular complexity index is 1510. The van der Waals surface area contributed by atoms with Crippen LogP contribution in [0, 0.1) is 0 Å². The van der Waals surface area contributed by atoms with E-state index in [1.807, 2.05) is 0 Å². The van der Waals surface area contributed by atoms with E-state index in [2.05, 4.69) is 4.18 Å². The molecule has 1 saturated heterocycles. The van der Waals surface area contributed by atoms with Crippen LogP contribution in [0.4, 0.5) is 0 Å². The van der Waals surface area contributed by atoms with Gasteiger partial charge in [0, 0.05) is 17.7 Å². The lowest BCUT2D eigenvalue weighted by Gasteiger charge is -2.39. The van der Waals surface area contributed by atoms with Crippen molar-refractivity contribution in [2.24, 2.45) is 0 Å². The molecule has 5 atom stereocenters. The number of phenolic OH excluding ortho intramolecular Hbond substituents is 2. The first-order valence-corrected chi connectivity index (χ1v) is 12.0. The molecule has 0 amide bonds. The molecule has 6 N–H and O–H groups in total. The van der Waals surface area contributed by atoms with Crippen molar-refractivity contribution >= 4 is 21.4 Å². The van der Waals surface area contributed by atoms with Gasteiger partial charge in [-0.1, -0.05) is 0 Å². The Kier molecular flexibility index (Phi) is 7.39. The Morgan fingerprint density at radius 3 is 2.34 bits per heavy atom. The monoisotopic (exact) mass is 557 g/mol. The standard InChI is InChI=1S/C22H22O15S/c1-33-12-3-2-8(4-10(12)24)20-21(36-22-19(29)18(28)16(26)14(7-23)35-22)17(27)15-11(25)5-9(6-13(15)34-20)37-38(30,31)32/h2-6,14,16,18-19,22-26,28-29H,7H2,1H3,(H,30,31,32)/p-1/t14-,16-,18+,19-,22+/m1/s1. The molecule has 15 nitrogen and oxygen atoms in total. The summed E-state index contributed by atoms with van der Waals surface area (Å²) in [5.41, 5.74) is -1.59. The summed E-state index contributed by atoms with van der Waals surface area (Å²) in [6, 6.07) is 5.21. The lowest BCUT2D eigenvalue weighted by atomic mass is 9.99. The van der Waals surface area contributed by atoms with Crippen molar-refractivity contribution < 1.29 is 66.4 Å². The highest BCUT2D eigenvalue weighted by Crippen LogP contribution is 2.39. The summed E-state index contributed by atoms with van der Waals surface area (Å²) in [6.07, 6.45) is -8.73. The largest absolute Gasteiger partial charge is 0.716 e. The Balaban J connectivity index is 1.93. The SMILES string of the molecule is COc1ccc(-c2oc3cc(OS(=O)(=O)[O-])cc(O)c3c(=O)c2O[C@@H]2O[C@H](CO)[C@@H](O)[C@H](O)[C@H]2O)cc1O. The third kappa shape index (κ3) is 5.18. The first kappa shape index (κ1) is 27.4. The molecular formula is C22H21O15S-. The second-order valence-electron chi connectivity index (χ2n) is 8.10. The molecule has 2 aromatic carbocycles. The van der Waals surface area contributed by atoms with Crippen LogP contribution in [0.2, 0.25) is 0 Å². The number of rotatable bonds is 7. The molecule has 0 bridgehead atoms. The van der Waals surface area contributed by atoms with Gasteiger partial charge in [0.15, 0.2) is 17.3 Å². The molecule has 1 aliphatic heterocycles. The van der Waals surface area contributed by atoms with Gasteiger partial charge in [0.05, 0.1) is 13.7 Å². The number of benzene rings is 2. The van der Waals surface area contributed by atoms with Crippen molar-refractivity contribution in [1.82, 2.24) is 0 Å². The van der Waals surface area contributed by atoms with Crippen molar-refractivity contribution in [3.63, 3.8) is 0 Å². The van der Waals surface area contributed by atoms with Crippen LogP contribution < -0.4 is 19.1 Å². The fraction of sp³-hybridized carbons (Fsp3) is 0.318. The van der Waals surface area contributed by atoms with Gasteiger partial charge in [-0.3, -0.25) is 4.79 Å². The fourth-order valence-electron chi connectivity index (χ4n) is 3.83. The topological polar surface area (TPSA) is 246 Å². The van der Waals surface area contributed by atoms with Gasteiger partial charge in [-0.05, 0) is 18.2 Å². The number of hydrogen-bond donors (Lipinski definition) is 6. The lowest BCUT2D eigenvalue weighted by Crippen LogP contribution is -2.60. The van der Waals surface area contributed by atoms with Gasteiger partial charge in [-0.15, -0.1) is 0 Å². The van der Waals surface area contributed by atoms with Crippen LogP contribution in [0.3, 0.4) is 0 Å². The van der Waals surface area contributed by atoms with Gasteiger partial charge in [0.1, 0.15) is 46.9 Å². The maximum Gasteiger partial charge on any atom is 0.262 e. The first-order chi connectivity index (χ1) is 17.8. The highest BCUT2D eigenvalue weighted by Gasteiger charge is 2.45. The van der Waals surface area contributed by atoms with E-state index in [1.165, 1.54) is 19.2 Å². The number of ether oxygens (including phenoxy) is 3. The molecule has 38 heavy (non-hydrogen) atoms. The minimum atomic E-state index is -5.26. The highest BCUT2D eigenvalue weighted by atomic mass is 32.3. The lowest BCUT2D eigenvalue weighted by molar-refractivity contribution is -0.277. The van der Waals surface area contributed by atoms with E-state index in [0.717, 1.165) is 12.1 Å². The number of aliphatic hydroxyl groups is 4. The van der Waals surface area contributed by atoms with Crippen LogP contribution in [0.1, 0.15) is 0 Å². The van der Waals surface area contributed by atoms with E-state index in [4.69, 9.17) is 18.6 Å². The number of fused-ring (bicyclic) bond motifs is 1. The van der Waals surface area contributed by atoms with Crippen LogP contribution in [-0.4, -0.2) is 88.0 Å². The summed E-state index contributed by atoms with van der Waals surface area (Å²) < 4.78 is 58.7. The third-order valence-electron chi connectivity index (χ3n) is 5.63. The molecule has 0 unspecified atom stereocenters. The van der Waals surface area contributed by atoms with Crippen molar-refractivity contribution in [3.05, 3.63) is 40.6 Å². The Labute approximate surface area is 213 Å². The average Bonchev–Trinajstić information content (AvgIpc) is 2.84. The summed E-state index contributed by atoms with van der Waals surface area (Å²) in [4.78, 5) is 13.5. The smallest absolute Gasteiger partial charge is 0.262 e. The predicted octanol–water partition coefficient (Wildman–Crippen LogP) is -1.10. The molecule has 206 valence electrons. The van der Waals surface area contributed by atoms with Gasteiger partial charge < -0.3 is 58.0 Å². The van der Waals surface area contributed by atoms with Crippen LogP contribution in [0.5, 0.6) is 28.7 Å². The number of aliphatic hydroxyl groups excluding tert-OH is 4. The number of phenols is 2. The molecule has 16 heteroatoms. The van der Waals surface area contributed by atoms with Gasteiger partial charge in [-0.2, -0.15) is 0 Å². The highest BCUT2D eigenvalue weighted by molar-refractivity contribution is 7.81. The van der Waals surface area contributed by atoms with Crippen LogP contribution >= 0.6 is 0 Å². The van der Waals surface area contributed by atoms with Crippen LogP contribution in [0.15, 0.2) is 39.5 Å². The fourth-order valence-corrected chi connectivity index (χ4v) is 4.16. The molecule has 2 heterocycles. The van der Waals surface area contributed by atoms with Crippen molar-refractivity contribution in [2.45, 2.75) is 30.7 Å². The Hall–Kier alpha value is -3.64. The second-order valence-corrected chi connectivity index (χ2v) is 9.08. The Morgan fingerprint density at radius 1 is 1.03 bits per heavy atom. The summed E-state index contributed by atoms with van der Waals surface area (Å²) in [5.74, 6) is -3.08. The van der Waals surface area contributed by atoms with Gasteiger partial charge in [0.2, 0.25) is 17.5 Å². The minimum Gasteiger partial charge on any atom is -0.716 e. The summed E-state index contributed by atoms with van der Waals surface area (Å²) in [6.45, 7) is -0.789. The molecule has 0 radical (unpaired) electrons. The van der Waals surface area contributed by atoms with E-state index in [9.17, 15) is 48.4 Å². The number of aromatic hydroxyl groups is 2. The van der Waals surface area contributed by atoms with Crippen LogP contribution in [-0.2, 0) is 15.1 Å². The molecule has 0 aliphatic carbocycles. The normalized spacial score (nSPS) is 23.8. The van der Waals surface area contributed by atoms with Gasteiger partial charge in [0.25, 0.3) is 10.4 Å². The van der Waals surface area contributed by atoms with Gasteiger partial charge >= 0.3 is 0 Å². The first-order valence-electron chi connectivity index (χ1n) is 10.7. The minimum absolute atomic E-state index is 0.0239. The molecule has 1 aromatic heterocycles. The molecule has 4 rings (SSSR count). The number of methoxy groups -OCH3 is 1. The molecule has 1 aliphatic rings. The van der Waals surface area contributed by atoms with Crippen molar-refractivity contribution in [1.29, 1.82) is 0 Å². The summed E-state index contributed by atoms with van der Waals surface area (Å²) in [5, 5.41) is 60.0. The maximum atomic E-state index is 13.5. The summed E-state index contributed by atoms with van der Waals surface area (Å²) >= 11 is 0. The van der Waals surface area contributed by atoms with Crippen molar-refractivity contribution in [2.75, 3.05) is 13.7 Å². The van der Waals surface area contributed by atoms with Crippen molar-refractivity contribution in [3.8, 4) is 40.1 Å². The van der Waals surface area contributed by atoms with E-state index < -0.39 is 92.9 Å². The second kappa shape index (κ2) is 10.3. The van der Waals surface area contributed by atoms with E-state index in [1.54, 1.807) is 0 Å². The molecule has 0 saturated carbocycles. The zero-order valence-electron chi connectivity index (χ0n) is 19.2. The van der Waals surface area contributed by atoms with Gasteiger partial charge in [-0.25, -0.2) is 8.42 Å². The molecular weight excluding hydrogens is 536 g/mol. The van der Waals surface area contributed by atoms with E-state index in [-0.39, 0.29) is 11.3 Å². The van der Waals surface area contributed by atoms with E-state index >= 15 is 0 Å². The summed E-state index contributed by atoms with van der Waals surface area (Å²) in [7, 11) is -3.98. The zero-order chi connectivity index (χ0) is 27.9. The van der Waals surface area contributed by atoms with Crippen LogP contribution in [0.25, 0.3) is 22.3 Å². The zero-order valence-corrected chi connectivity index (χ0v) is 20.1. The molecule has 3 aromatic rings. The predicted molar refractivity (Wildman–Crippen MR) is 123 cm³/mol. The third-order valence-corrected chi connectivity index (χ3v) is 6.02. The number of hydrogen-bond acceptors (Lipinski definition) is 15. The molecule has 0 spiro atoms. The molecule has 1 fully saturated rings.